The number of halogens is 1. The third-order valence-electron chi connectivity index (χ3n) is 3.91. The van der Waals surface area contributed by atoms with E-state index >= 15 is 0 Å². The molecule has 0 fully saturated rings. The van der Waals surface area contributed by atoms with Crippen LogP contribution < -0.4 is 10.2 Å². The minimum absolute atomic E-state index is 0.182. The molecule has 0 spiro atoms. The van der Waals surface area contributed by atoms with Gasteiger partial charge < -0.3 is 4.74 Å². The van der Waals surface area contributed by atoms with Gasteiger partial charge in [-0.05, 0) is 49.7 Å². The number of rotatable bonds is 8. The van der Waals surface area contributed by atoms with Gasteiger partial charge in [0, 0.05) is 21.4 Å². The van der Waals surface area contributed by atoms with Gasteiger partial charge in [-0.1, -0.05) is 52.0 Å². The third-order valence-corrected chi connectivity index (χ3v) is 5.29. The van der Waals surface area contributed by atoms with Crippen molar-refractivity contribution in [1.82, 2.24) is 15.4 Å². The number of carbonyl (C=O) groups is 1. The summed E-state index contributed by atoms with van der Waals surface area (Å²) in [6.07, 6.45) is 1.58. The Morgan fingerprint density at radius 1 is 1.13 bits per heavy atom. The minimum atomic E-state index is -0.229. The zero-order valence-electron chi connectivity index (χ0n) is 16.6. The average Bonchev–Trinajstić information content (AvgIpc) is 2.72. The number of aromatic nitrogens is 2. The van der Waals surface area contributed by atoms with Crippen LogP contribution in [0.25, 0.3) is 0 Å². The molecule has 0 radical (unpaired) electrons. The Hall–Kier alpha value is -2.71. The van der Waals surface area contributed by atoms with Crippen LogP contribution in [0.2, 0.25) is 0 Å². The fourth-order valence-electron chi connectivity index (χ4n) is 2.55. The van der Waals surface area contributed by atoms with E-state index in [0.717, 1.165) is 27.0 Å². The molecule has 0 aliphatic heterocycles. The summed E-state index contributed by atoms with van der Waals surface area (Å²) in [6, 6.07) is 17.4. The van der Waals surface area contributed by atoms with Crippen molar-refractivity contribution >= 4 is 39.8 Å². The average molecular weight is 485 g/mol. The molecule has 3 aromatic rings. The van der Waals surface area contributed by atoms with Crippen molar-refractivity contribution in [3.8, 4) is 5.75 Å². The number of thioether (sulfide) groups is 1. The lowest BCUT2D eigenvalue weighted by Gasteiger charge is -2.09. The van der Waals surface area contributed by atoms with Crippen molar-refractivity contribution in [2.24, 2.45) is 5.10 Å². The van der Waals surface area contributed by atoms with E-state index in [1.54, 1.807) is 6.21 Å². The molecule has 0 saturated heterocycles. The summed E-state index contributed by atoms with van der Waals surface area (Å²) in [5, 5.41) is 4.63. The Labute approximate surface area is 188 Å². The van der Waals surface area contributed by atoms with Crippen LogP contribution in [-0.2, 0) is 11.4 Å². The van der Waals surface area contributed by atoms with Crippen molar-refractivity contribution < 1.29 is 9.53 Å². The van der Waals surface area contributed by atoms with Gasteiger partial charge >= 0.3 is 0 Å². The van der Waals surface area contributed by atoms with Gasteiger partial charge in [-0.15, -0.1) is 0 Å². The van der Waals surface area contributed by atoms with Crippen LogP contribution in [0.4, 0.5) is 0 Å². The van der Waals surface area contributed by atoms with Crippen LogP contribution in [0.1, 0.15) is 22.5 Å². The van der Waals surface area contributed by atoms with Crippen molar-refractivity contribution in [3.05, 3.63) is 81.6 Å². The van der Waals surface area contributed by atoms with Crippen LogP contribution >= 0.6 is 27.7 Å². The number of benzene rings is 2. The molecule has 0 unspecified atom stereocenters. The molecule has 6 nitrogen and oxygen atoms in total. The highest BCUT2D eigenvalue weighted by Gasteiger charge is 2.06. The van der Waals surface area contributed by atoms with E-state index in [2.05, 4.69) is 36.4 Å². The van der Waals surface area contributed by atoms with Crippen LogP contribution in [-0.4, -0.2) is 27.8 Å². The van der Waals surface area contributed by atoms with Crippen molar-refractivity contribution in [3.63, 3.8) is 0 Å². The molecule has 3 rings (SSSR count). The highest BCUT2D eigenvalue weighted by atomic mass is 79.9. The number of amides is 1. The van der Waals surface area contributed by atoms with E-state index in [9.17, 15) is 4.79 Å². The topological polar surface area (TPSA) is 76.5 Å². The predicted octanol–water partition coefficient (Wildman–Crippen LogP) is 4.68. The number of ether oxygens (including phenoxy) is 1. The van der Waals surface area contributed by atoms with Gasteiger partial charge in [0.2, 0.25) is 0 Å². The largest absolute Gasteiger partial charge is 0.488 e. The number of nitrogens with zero attached hydrogens (tertiary/aromatic N) is 3. The molecule has 0 bridgehead atoms. The van der Waals surface area contributed by atoms with E-state index in [-0.39, 0.29) is 11.7 Å². The van der Waals surface area contributed by atoms with Gasteiger partial charge in [-0.3, -0.25) is 4.79 Å². The van der Waals surface area contributed by atoms with Gasteiger partial charge in [0.05, 0.1) is 12.0 Å². The van der Waals surface area contributed by atoms with Crippen LogP contribution in [0.5, 0.6) is 5.75 Å². The molecule has 1 heterocycles. The van der Waals surface area contributed by atoms with Crippen molar-refractivity contribution in [1.29, 1.82) is 0 Å². The summed E-state index contributed by atoms with van der Waals surface area (Å²) in [4.78, 5) is 20.7. The Balaban J connectivity index is 1.52. The smallest absolute Gasteiger partial charge is 0.250 e. The molecule has 0 aliphatic carbocycles. The molecule has 0 atom stereocenters. The highest BCUT2D eigenvalue weighted by Crippen LogP contribution is 2.19. The number of nitrogens with one attached hydrogen (secondary N) is 1. The van der Waals surface area contributed by atoms with Crippen LogP contribution in [0.15, 0.2) is 69.3 Å². The van der Waals surface area contributed by atoms with E-state index in [1.807, 2.05) is 68.4 Å². The number of carbonyl (C=O) groups excluding carboxylic acids is 1. The Kier molecular flexibility index (Phi) is 7.98. The maximum atomic E-state index is 12.1. The normalized spacial score (nSPS) is 10.9. The molecule has 1 aromatic heterocycles. The van der Waals surface area contributed by atoms with E-state index in [4.69, 9.17) is 4.74 Å². The molecule has 0 aliphatic rings. The van der Waals surface area contributed by atoms with Gasteiger partial charge in [-0.2, -0.15) is 5.10 Å². The number of aryl methyl sites for hydroxylation is 2. The summed E-state index contributed by atoms with van der Waals surface area (Å²) >= 11 is 4.70. The van der Waals surface area contributed by atoms with E-state index in [1.165, 1.54) is 11.8 Å². The first-order chi connectivity index (χ1) is 14.5. The Bertz CT molecular complexity index is 1020. The fraction of sp³-hybridized carbons (Fsp3) is 0.182. The quantitative estimate of drug-likeness (QED) is 0.217. The lowest BCUT2D eigenvalue weighted by atomic mass is 10.2. The first kappa shape index (κ1) is 22.0. The number of hydrazone groups is 1. The predicted molar refractivity (Wildman–Crippen MR) is 123 cm³/mol. The first-order valence-corrected chi connectivity index (χ1v) is 11.0. The minimum Gasteiger partial charge on any atom is -0.488 e. The second-order valence-electron chi connectivity index (χ2n) is 6.47. The standard InChI is InChI=1S/C22H21BrN4O2S/c1-15-11-16(2)26-22(25-15)30-14-21(28)27-24-12-18-5-3-4-6-20(18)29-13-17-7-9-19(23)10-8-17/h3-12H,13-14H2,1-2H3,(H,27,28)/b24-12-. The third kappa shape index (κ3) is 6.96. The van der Waals surface area contributed by atoms with E-state index in [0.29, 0.717) is 17.5 Å². The Morgan fingerprint density at radius 3 is 2.57 bits per heavy atom. The van der Waals surface area contributed by atoms with Crippen LogP contribution in [0.3, 0.4) is 0 Å². The first-order valence-electron chi connectivity index (χ1n) is 9.23. The molecular formula is C22H21BrN4O2S. The van der Waals surface area contributed by atoms with Gasteiger partial charge in [-0.25, -0.2) is 15.4 Å². The summed E-state index contributed by atoms with van der Waals surface area (Å²) in [5.41, 5.74) is 6.12. The van der Waals surface area contributed by atoms with Crippen molar-refractivity contribution in [2.45, 2.75) is 25.6 Å². The summed E-state index contributed by atoms with van der Waals surface area (Å²) in [7, 11) is 0. The maximum Gasteiger partial charge on any atom is 0.250 e. The maximum absolute atomic E-state index is 12.1. The second kappa shape index (κ2) is 10.9. The summed E-state index contributed by atoms with van der Waals surface area (Å²) < 4.78 is 6.93. The lowest BCUT2D eigenvalue weighted by molar-refractivity contribution is -0.118. The summed E-state index contributed by atoms with van der Waals surface area (Å²) in [5.74, 6) is 0.644. The number of hydrogen-bond acceptors (Lipinski definition) is 6. The molecule has 30 heavy (non-hydrogen) atoms. The van der Waals surface area contributed by atoms with Gasteiger partial charge in [0.1, 0.15) is 12.4 Å². The zero-order valence-corrected chi connectivity index (χ0v) is 19.0. The second-order valence-corrected chi connectivity index (χ2v) is 8.33. The molecular weight excluding hydrogens is 464 g/mol. The Morgan fingerprint density at radius 2 is 1.83 bits per heavy atom. The molecule has 0 saturated carbocycles. The molecule has 154 valence electrons. The van der Waals surface area contributed by atoms with Crippen molar-refractivity contribution in [2.75, 3.05) is 5.75 Å². The molecule has 1 amide bonds. The zero-order chi connectivity index (χ0) is 21.3. The van der Waals surface area contributed by atoms with Gasteiger partial charge in [0.25, 0.3) is 5.91 Å². The van der Waals surface area contributed by atoms with Crippen LogP contribution in [0, 0.1) is 13.8 Å². The molecule has 2 aromatic carbocycles. The SMILES string of the molecule is Cc1cc(C)nc(SCC(=O)N/N=C\c2ccccc2OCc2ccc(Br)cc2)n1. The highest BCUT2D eigenvalue weighted by molar-refractivity contribution is 9.10. The van der Waals surface area contributed by atoms with E-state index < -0.39 is 0 Å². The summed E-state index contributed by atoms with van der Waals surface area (Å²) in [6.45, 7) is 4.25. The number of hydrogen-bond donors (Lipinski definition) is 1. The fourth-order valence-corrected chi connectivity index (χ4v) is 3.56. The monoisotopic (exact) mass is 484 g/mol. The molecule has 8 heteroatoms. The lowest BCUT2D eigenvalue weighted by Crippen LogP contribution is -2.20. The molecule has 1 N–H and O–H groups in total. The number of para-hydroxylation sites is 1. The van der Waals surface area contributed by atoms with Gasteiger partial charge in [0.15, 0.2) is 5.16 Å².